The minimum Gasteiger partial charge on any atom is -0.394 e. The maximum atomic E-state index is 11.9. The van der Waals surface area contributed by atoms with Gasteiger partial charge < -0.3 is 14.9 Å². The van der Waals surface area contributed by atoms with Crippen molar-refractivity contribution in [1.82, 2.24) is 9.13 Å². The van der Waals surface area contributed by atoms with E-state index >= 15 is 0 Å². The molecule has 0 amide bonds. The molecule has 3 N–H and O–H groups in total. The zero-order chi connectivity index (χ0) is 12.6. The average molecular weight is 241 g/mol. The molecule has 3 atom stereocenters. The molecule has 0 spiro atoms. The molecule has 2 rings (SSSR count). The second-order valence-corrected chi connectivity index (χ2v) is 4.06. The SMILES string of the molecule is Cn1c(=N)ccn(C2C[C@@H](O)C(CO)O2)c1=O. The lowest BCUT2D eigenvalue weighted by Gasteiger charge is -2.15. The lowest BCUT2D eigenvalue weighted by Crippen LogP contribution is -2.38. The van der Waals surface area contributed by atoms with Crippen molar-refractivity contribution in [3.63, 3.8) is 0 Å². The van der Waals surface area contributed by atoms with Gasteiger partial charge in [0.25, 0.3) is 0 Å². The zero-order valence-electron chi connectivity index (χ0n) is 9.41. The lowest BCUT2D eigenvalue weighted by molar-refractivity contribution is -0.0462. The fourth-order valence-electron chi connectivity index (χ4n) is 1.87. The van der Waals surface area contributed by atoms with Crippen LogP contribution in [0.2, 0.25) is 0 Å². The molecule has 7 heteroatoms. The van der Waals surface area contributed by atoms with Gasteiger partial charge in [0.15, 0.2) is 0 Å². The Morgan fingerprint density at radius 1 is 1.65 bits per heavy atom. The summed E-state index contributed by atoms with van der Waals surface area (Å²) >= 11 is 0. The van der Waals surface area contributed by atoms with Gasteiger partial charge in [-0.05, 0) is 6.07 Å². The first kappa shape index (κ1) is 12.0. The Labute approximate surface area is 97.0 Å². The molecule has 1 aromatic rings. The maximum absolute atomic E-state index is 11.9. The number of nitrogens with zero attached hydrogens (tertiary/aromatic N) is 2. The summed E-state index contributed by atoms with van der Waals surface area (Å²) in [7, 11) is 1.50. The highest BCUT2D eigenvalue weighted by molar-refractivity contribution is 4.88. The van der Waals surface area contributed by atoms with Crippen molar-refractivity contribution in [3.05, 3.63) is 28.2 Å². The highest BCUT2D eigenvalue weighted by Crippen LogP contribution is 2.26. The van der Waals surface area contributed by atoms with Crippen LogP contribution in [-0.4, -0.2) is 38.2 Å². The molecule has 1 aliphatic heterocycles. The minimum atomic E-state index is -0.780. The summed E-state index contributed by atoms with van der Waals surface area (Å²) in [4.78, 5) is 11.9. The number of aliphatic hydroxyl groups is 2. The van der Waals surface area contributed by atoms with Crippen LogP contribution in [0.3, 0.4) is 0 Å². The molecular weight excluding hydrogens is 226 g/mol. The van der Waals surface area contributed by atoms with E-state index in [0.717, 1.165) is 0 Å². The predicted molar refractivity (Wildman–Crippen MR) is 57.1 cm³/mol. The number of aliphatic hydroxyl groups excluding tert-OH is 2. The van der Waals surface area contributed by atoms with E-state index in [1.165, 1.54) is 28.4 Å². The summed E-state index contributed by atoms with van der Waals surface area (Å²) in [6.45, 7) is -0.283. The van der Waals surface area contributed by atoms with Gasteiger partial charge in [-0.1, -0.05) is 0 Å². The highest BCUT2D eigenvalue weighted by Gasteiger charge is 2.34. The topological polar surface area (TPSA) is 100 Å². The molecule has 1 saturated heterocycles. The van der Waals surface area contributed by atoms with Gasteiger partial charge >= 0.3 is 5.69 Å². The number of hydrogen-bond donors (Lipinski definition) is 3. The molecule has 1 fully saturated rings. The standard InChI is InChI=1S/C10H15N3O4/c1-12-8(11)2-3-13(10(12)16)9-4-6(15)7(5-14)17-9/h2-3,6-7,9,11,14-15H,4-5H2,1H3/t6-,7?,9?/m1/s1. The van der Waals surface area contributed by atoms with E-state index < -0.39 is 18.4 Å². The molecule has 17 heavy (non-hydrogen) atoms. The third-order valence-electron chi connectivity index (χ3n) is 2.96. The molecule has 0 aliphatic carbocycles. The summed E-state index contributed by atoms with van der Waals surface area (Å²) in [5.41, 5.74) is -0.281. The van der Waals surface area contributed by atoms with Crippen LogP contribution >= 0.6 is 0 Å². The van der Waals surface area contributed by atoms with Crippen molar-refractivity contribution >= 4 is 0 Å². The summed E-state index contributed by atoms with van der Waals surface area (Å²) in [6.07, 6.45) is -0.322. The Balaban J connectivity index is 2.34. The molecule has 0 aromatic carbocycles. The first-order chi connectivity index (χ1) is 8.04. The van der Waals surface area contributed by atoms with Crippen LogP contribution < -0.4 is 11.2 Å². The Bertz CT molecular complexity index is 521. The predicted octanol–water partition coefficient (Wildman–Crippen LogP) is -1.69. The van der Waals surface area contributed by atoms with E-state index in [2.05, 4.69) is 0 Å². The molecule has 7 nitrogen and oxygen atoms in total. The van der Waals surface area contributed by atoms with Crippen LogP contribution in [0.1, 0.15) is 12.6 Å². The van der Waals surface area contributed by atoms with E-state index in [9.17, 15) is 9.90 Å². The second kappa shape index (κ2) is 4.44. The monoisotopic (exact) mass is 241 g/mol. The number of hydrogen-bond acceptors (Lipinski definition) is 5. The van der Waals surface area contributed by atoms with Gasteiger partial charge in [0.05, 0.1) is 12.7 Å². The average Bonchev–Trinajstić information content (AvgIpc) is 2.67. The number of ether oxygens (including phenoxy) is 1. The Morgan fingerprint density at radius 2 is 2.35 bits per heavy atom. The first-order valence-corrected chi connectivity index (χ1v) is 5.31. The molecule has 1 aromatic heterocycles. The molecule has 0 saturated carbocycles. The largest absolute Gasteiger partial charge is 0.394 e. The normalized spacial score (nSPS) is 28.5. The second-order valence-electron chi connectivity index (χ2n) is 4.06. The molecule has 2 unspecified atom stereocenters. The van der Waals surface area contributed by atoms with Crippen LogP contribution in [0, 0.1) is 5.41 Å². The molecule has 1 aliphatic rings. The van der Waals surface area contributed by atoms with Crippen LogP contribution in [0.4, 0.5) is 0 Å². The van der Waals surface area contributed by atoms with Gasteiger partial charge in [0.2, 0.25) is 0 Å². The fraction of sp³-hybridized carbons (Fsp3) is 0.600. The van der Waals surface area contributed by atoms with Gasteiger partial charge in [-0.15, -0.1) is 0 Å². The van der Waals surface area contributed by atoms with Crippen LogP contribution in [0.25, 0.3) is 0 Å². The summed E-state index contributed by atoms with van der Waals surface area (Å²) < 4.78 is 7.87. The number of rotatable bonds is 2. The van der Waals surface area contributed by atoms with Crippen molar-refractivity contribution in [2.45, 2.75) is 24.9 Å². The van der Waals surface area contributed by atoms with Crippen LogP contribution in [-0.2, 0) is 11.8 Å². The molecule has 0 bridgehead atoms. The van der Waals surface area contributed by atoms with E-state index in [0.29, 0.717) is 0 Å². The van der Waals surface area contributed by atoms with E-state index in [1.54, 1.807) is 0 Å². The van der Waals surface area contributed by atoms with Gasteiger partial charge in [-0.3, -0.25) is 14.5 Å². The quantitative estimate of drug-likeness (QED) is 0.575. The maximum Gasteiger partial charge on any atom is 0.331 e. The number of aromatic nitrogens is 2. The molecular formula is C10H15N3O4. The van der Waals surface area contributed by atoms with Crippen molar-refractivity contribution in [2.75, 3.05) is 6.61 Å². The summed E-state index contributed by atoms with van der Waals surface area (Å²) in [6, 6.07) is 1.48. The minimum absolute atomic E-state index is 0.100. The number of nitrogens with one attached hydrogen (secondary N) is 1. The zero-order valence-corrected chi connectivity index (χ0v) is 9.41. The molecule has 94 valence electrons. The highest BCUT2D eigenvalue weighted by atomic mass is 16.5. The van der Waals surface area contributed by atoms with Crippen molar-refractivity contribution in [3.8, 4) is 0 Å². The van der Waals surface area contributed by atoms with Crippen LogP contribution in [0.5, 0.6) is 0 Å². The van der Waals surface area contributed by atoms with Gasteiger partial charge in [-0.2, -0.15) is 0 Å². The Morgan fingerprint density at radius 3 is 2.94 bits per heavy atom. The molecule has 0 radical (unpaired) electrons. The fourth-order valence-corrected chi connectivity index (χ4v) is 1.87. The molecule has 2 heterocycles. The first-order valence-electron chi connectivity index (χ1n) is 5.31. The van der Waals surface area contributed by atoms with Crippen molar-refractivity contribution in [2.24, 2.45) is 7.05 Å². The Hall–Kier alpha value is -1.44. The van der Waals surface area contributed by atoms with Crippen molar-refractivity contribution in [1.29, 1.82) is 5.41 Å². The van der Waals surface area contributed by atoms with Gasteiger partial charge in [-0.25, -0.2) is 4.79 Å². The summed E-state index contributed by atoms with van der Waals surface area (Å²) in [5.74, 6) is 0. The van der Waals surface area contributed by atoms with Crippen molar-refractivity contribution < 1.29 is 14.9 Å². The smallest absolute Gasteiger partial charge is 0.331 e. The van der Waals surface area contributed by atoms with E-state index in [4.69, 9.17) is 15.3 Å². The summed E-state index contributed by atoms with van der Waals surface area (Å²) in [5, 5.41) is 26.0. The third kappa shape index (κ3) is 2.04. The Kier molecular flexibility index (Phi) is 3.14. The third-order valence-corrected chi connectivity index (χ3v) is 2.96. The van der Waals surface area contributed by atoms with Crippen LogP contribution in [0.15, 0.2) is 17.1 Å². The van der Waals surface area contributed by atoms with E-state index in [-0.39, 0.29) is 24.2 Å². The van der Waals surface area contributed by atoms with E-state index in [1.807, 2.05) is 0 Å². The van der Waals surface area contributed by atoms with Gasteiger partial charge in [0, 0.05) is 19.7 Å². The lowest BCUT2D eigenvalue weighted by atomic mass is 10.2. The van der Waals surface area contributed by atoms with Gasteiger partial charge in [0.1, 0.15) is 17.8 Å².